The van der Waals surface area contributed by atoms with E-state index in [2.05, 4.69) is 25.5 Å². The third-order valence-corrected chi connectivity index (χ3v) is 3.04. The molecule has 3 rings (SSSR count). The monoisotopic (exact) mass is 277 g/mol. The number of nitrogens with zero attached hydrogens (tertiary/aromatic N) is 7. The standard InChI is InChI=1S/C14H11N7/c1-9-13(18-16-11-6-4-3-5-7-11)14-19-17-12(8-15)10(2)21(14)20-9/h3-7H,1-2H3. The number of nitriles is 1. The van der Waals surface area contributed by atoms with E-state index in [4.69, 9.17) is 5.26 Å². The Hall–Kier alpha value is -3.14. The highest BCUT2D eigenvalue weighted by atomic mass is 15.3. The van der Waals surface area contributed by atoms with Gasteiger partial charge >= 0.3 is 0 Å². The quantitative estimate of drug-likeness (QED) is 0.673. The largest absolute Gasteiger partial charge is 0.213 e. The number of rotatable bonds is 2. The van der Waals surface area contributed by atoms with Gasteiger partial charge in [0.1, 0.15) is 6.07 Å². The van der Waals surface area contributed by atoms with Crippen LogP contribution < -0.4 is 0 Å². The first-order chi connectivity index (χ1) is 10.2. The molecule has 1 aromatic carbocycles. The molecule has 0 saturated heterocycles. The van der Waals surface area contributed by atoms with E-state index in [9.17, 15) is 0 Å². The molecule has 7 nitrogen and oxygen atoms in total. The lowest BCUT2D eigenvalue weighted by Gasteiger charge is -1.98. The first kappa shape index (κ1) is 12.9. The Morgan fingerprint density at radius 2 is 1.86 bits per heavy atom. The van der Waals surface area contributed by atoms with E-state index < -0.39 is 0 Å². The fraction of sp³-hybridized carbons (Fsp3) is 0.143. The highest BCUT2D eigenvalue weighted by molar-refractivity contribution is 5.66. The second-order valence-corrected chi connectivity index (χ2v) is 4.45. The van der Waals surface area contributed by atoms with Crippen LogP contribution in [-0.4, -0.2) is 19.8 Å². The van der Waals surface area contributed by atoms with Crippen LogP contribution in [-0.2, 0) is 0 Å². The summed E-state index contributed by atoms with van der Waals surface area (Å²) in [6.07, 6.45) is 0. The minimum Gasteiger partial charge on any atom is -0.213 e. The van der Waals surface area contributed by atoms with E-state index >= 15 is 0 Å². The third-order valence-electron chi connectivity index (χ3n) is 3.04. The van der Waals surface area contributed by atoms with E-state index in [0.717, 1.165) is 5.69 Å². The van der Waals surface area contributed by atoms with Crippen LogP contribution in [0.5, 0.6) is 0 Å². The third kappa shape index (κ3) is 2.23. The van der Waals surface area contributed by atoms with E-state index in [-0.39, 0.29) is 5.69 Å². The van der Waals surface area contributed by atoms with Crippen LogP contribution >= 0.6 is 0 Å². The summed E-state index contributed by atoms with van der Waals surface area (Å²) in [4.78, 5) is 0. The first-order valence-electron chi connectivity index (χ1n) is 6.30. The van der Waals surface area contributed by atoms with E-state index in [1.807, 2.05) is 43.3 Å². The van der Waals surface area contributed by atoms with Gasteiger partial charge in [0, 0.05) is 0 Å². The van der Waals surface area contributed by atoms with Crippen molar-refractivity contribution in [1.29, 1.82) is 5.26 Å². The molecule has 0 N–H and O–H groups in total. The maximum Gasteiger partial charge on any atom is 0.205 e. The van der Waals surface area contributed by atoms with Gasteiger partial charge in [0.2, 0.25) is 5.65 Å². The molecular formula is C14H11N7. The van der Waals surface area contributed by atoms with Crippen molar-refractivity contribution in [1.82, 2.24) is 19.8 Å². The Morgan fingerprint density at radius 1 is 1.10 bits per heavy atom. The zero-order valence-corrected chi connectivity index (χ0v) is 11.5. The summed E-state index contributed by atoms with van der Waals surface area (Å²) in [6.45, 7) is 3.59. The van der Waals surface area contributed by atoms with Gasteiger partial charge in [-0.2, -0.15) is 15.5 Å². The van der Waals surface area contributed by atoms with E-state index in [0.29, 0.717) is 22.7 Å². The molecule has 21 heavy (non-hydrogen) atoms. The average Bonchev–Trinajstić information content (AvgIpc) is 2.83. The Labute approximate surface area is 120 Å². The smallest absolute Gasteiger partial charge is 0.205 e. The van der Waals surface area contributed by atoms with Crippen molar-refractivity contribution in [3.05, 3.63) is 47.4 Å². The summed E-state index contributed by atoms with van der Waals surface area (Å²) in [7, 11) is 0. The molecule has 3 aromatic rings. The molecule has 0 saturated carbocycles. The molecule has 2 aromatic heterocycles. The number of hydrogen-bond donors (Lipinski definition) is 0. The SMILES string of the molecule is Cc1nn2c(C)c(C#N)nnc2c1N=Nc1ccccc1. The minimum atomic E-state index is 0.247. The van der Waals surface area contributed by atoms with Crippen LogP contribution in [0.25, 0.3) is 5.65 Å². The van der Waals surface area contributed by atoms with Gasteiger partial charge in [-0.25, -0.2) is 4.52 Å². The summed E-state index contributed by atoms with van der Waals surface area (Å²) in [6, 6.07) is 11.4. The molecule has 0 aliphatic carbocycles. The normalized spacial score (nSPS) is 11.1. The number of aromatic nitrogens is 4. The molecule has 0 atom stereocenters. The summed E-state index contributed by atoms with van der Waals surface area (Å²) < 4.78 is 1.57. The lowest BCUT2D eigenvalue weighted by atomic mass is 10.3. The van der Waals surface area contributed by atoms with Crippen molar-refractivity contribution in [2.24, 2.45) is 10.2 Å². The Kier molecular flexibility index (Phi) is 3.12. The molecule has 102 valence electrons. The summed E-state index contributed by atoms with van der Waals surface area (Å²) in [5.41, 5.74) is 3.35. The van der Waals surface area contributed by atoms with Crippen LogP contribution in [0.2, 0.25) is 0 Å². The van der Waals surface area contributed by atoms with Crippen molar-refractivity contribution >= 4 is 17.0 Å². The number of fused-ring (bicyclic) bond motifs is 1. The molecule has 0 aliphatic rings. The molecule has 0 spiro atoms. The van der Waals surface area contributed by atoms with Gasteiger partial charge in [-0.05, 0) is 26.0 Å². The molecule has 0 aliphatic heterocycles. The van der Waals surface area contributed by atoms with Crippen LogP contribution in [0.3, 0.4) is 0 Å². The molecular weight excluding hydrogens is 266 g/mol. The molecule has 0 bridgehead atoms. The zero-order chi connectivity index (χ0) is 14.8. The molecule has 0 amide bonds. The van der Waals surface area contributed by atoms with Gasteiger partial charge in [0.25, 0.3) is 0 Å². The Morgan fingerprint density at radius 3 is 2.57 bits per heavy atom. The Bertz CT molecular complexity index is 872. The molecule has 0 fully saturated rings. The minimum absolute atomic E-state index is 0.247. The molecule has 0 unspecified atom stereocenters. The fourth-order valence-electron chi connectivity index (χ4n) is 1.92. The molecule has 0 radical (unpaired) electrons. The van der Waals surface area contributed by atoms with Crippen molar-refractivity contribution in [2.75, 3.05) is 0 Å². The van der Waals surface area contributed by atoms with Crippen LogP contribution in [0.15, 0.2) is 40.6 Å². The predicted molar refractivity (Wildman–Crippen MR) is 75.6 cm³/mol. The second kappa shape index (κ2) is 5.09. The van der Waals surface area contributed by atoms with Gasteiger partial charge in [-0.15, -0.1) is 15.3 Å². The number of aryl methyl sites for hydroxylation is 2. The van der Waals surface area contributed by atoms with Crippen LogP contribution in [0.1, 0.15) is 17.1 Å². The summed E-state index contributed by atoms with van der Waals surface area (Å²) in [5, 5.41) is 29.6. The maximum atomic E-state index is 8.97. The van der Waals surface area contributed by atoms with Crippen molar-refractivity contribution < 1.29 is 0 Å². The summed E-state index contributed by atoms with van der Waals surface area (Å²) >= 11 is 0. The lowest BCUT2D eigenvalue weighted by molar-refractivity contribution is 0.829. The predicted octanol–water partition coefficient (Wildman–Crippen LogP) is 3.03. The summed E-state index contributed by atoms with van der Waals surface area (Å²) in [5.74, 6) is 0. The average molecular weight is 277 g/mol. The van der Waals surface area contributed by atoms with Crippen molar-refractivity contribution in [3.8, 4) is 6.07 Å². The van der Waals surface area contributed by atoms with Crippen LogP contribution in [0.4, 0.5) is 11.4 Å². The second-order valence-electron chi connectivity index (χ2n) is 4.45. The number of benzene rings is 1. The zero-order valence-electron chi connectivity index (χ0n) is 11.5. The van der Waals surface area contributed by atoms with Gasteiger partial charge in [0.15, 0.2) is 11.4 Å². The van der Waals surface area contributed by atoms with Gasteiger partial charge in [-0.3, -0.25) is 0 Å². The fourth-order valence-corrected chi connectivity index (χ4v) is 1.92. The van der Waals surface area contributed by atoms with Gasteiger partial charge < -0.3 is 0 Å². The number of azo groups is 1. The molecule has 2 heterocycles. The van der Waals surface area contributed by atoms with E-state index in [1.165, 1.54) is 0 Å². The highest BCUT2D eigenvalue weighted by Crippen LogP contribution is 2.26. The first-order valence-corrected chi connectivity index (χ1v) is 6.30. The Balaban J connectivity index is 2.12. The van der Waals surface area contributed by atoms with Gasteiger partial charge in [0.05, 0.1) is 17.1 Å². The van der Waals surface area contributed by atoms with Crippen LogP contribution in [0, 0.1) is 25.2 Å². The van der Waals surface area contributed by atoms with Gasteiger partial charge in [-0.1, -0.05) is 18.2 Å². The van der Waals surface area contributed by atoms with E-state index in [1.54, 1.807) is 11.4 Å². The van der Waals surface area contributed by atoms with Crippen molar-refractivity contribution in [2.45, 2.75) is 13.8 Å². The molecule has 7 heteroatoms. The number of hydrogen-bond acceptors (Lipinski definition) is 6. The highest BCUT2D eigenvalue weighted by Gasteiger charge is 2.15. The lowest BCUT2D eigenvalue weighted by Crippen LogP contribution is -2.02. The topological polar surface area (TPSA) is 91.6 Å². The maximum absolute atomic E-state index is 8.97. The van der Waals surface area contributed by atoms with Crippen molar-refractivity contribution in [3.63, 3.8) is 0 Å².